The van der Waals surface area contributed by atoms with Crippen molar-refractivity contribution in [3.05, 3.63) is 65.2 Å². The van der Waals surface area contributed by atoms with Gasteiger partial charge in [0.05, 0.1) is 11.0 Å². The van der Waals surface area contributed by atoms with Crippen molar-refractivity contribution in [2.45, 2.75) is 13.3 Å². The Balaban J connectivity index is 1.95. The number of aromatic nitrogens is 2. The van der Waals surface area contributed by atoms with Crippen molar-refractivity contribution in [1.82, 2.24) is 9.97 Å². The van der Waals surface area contributed by atoms with Gasteiger partial charge in [-0.2, -0.15) is 0 Å². The van der Waals surface area contributed by atoms with E-state index in [-0.39, 0.29) is 5.82 Å². The molecule has 0 atom stereocenters. The third-order valence-corrected chi connectivity index (χ3v) is 2.95. The van der Waals surface area contributed by atoms with Gasteiger partial charge in [0.25, 0.3) is 0 Å². The molecule has 3 rings (SSSR count). The van der Waals surface area contributed by atoms with Crippen molar-refractivity contribution < 1.29 is 4.39 Å². The first-order chi connectivity index (χ1) is 8.70. The van der Waals surface area contributed by atoms with Crippen LogP contribution in [0.4, 0.5) is 4.39 Å². The summed E-state index contributed by atoms with van der Waals surface area (Å²) in [4.78, 5) is 7.61. The average Bonchev–Trinajstić information content (AvgIpc) is 2.70. The van der Waals surface area contributed by atoms with E-state index in [0.717, 1.165) is 23.3 Å². The number of nitrogens with zero attached hydrogens (tertiary/aromatic N) is 1. The van der Waals surface area contributed by atoms with Crippen LogP contribution in [0.3, 0.4) is 0 Å². The highest BCUT2D eigenvalue weighted by Gasteiger charge is 2.04. The summed E-state index contributed by atoms with van der Waals surface area (Å²) in [5.41, 5.74) is 3.99. The van der Waals surface area contributed by atoms with Crippen LogP contribution in [-0.2, 0) is 6.42 Å². The van der Waals surface area contributed by atoms with Crippen molar-refractivity contribution >= 4 is 11.0 Å². The molecule has 1 N–H and O–H groups in total. The molecule has 2 aromatic carbocycles. The maximum absolute atomic E-state index is 13.1. The molecular formula is C15H13FN2. The van der Waals surface area contributed by atoms with Crippen molar-refractivity contribution in [2.24, 2.45) is 0 Å². The molecule has 0 amide bonds. The Morgan fingerprint density at radius 3 is 2.89 bits per heavy atom. The van der Waals surface area contributed by atoms with E-state index < -0.39 is 0 Å². The van der Waals surface area contributed by atoms with Crippen LogP contribution in [0.2, 0.25) is 0 Å². The first-order valence-electron chi connectivity index (χ1n) is 5.90. The average molecular weight is 240 g/mol. The van der Waals surface area contributed by atoms with Crippen molar-refractivity contribution in [3.8, 4) is 0 Å². The van der Waals surface area contributed by atoms with E-state index in [9.17, 15) is 4.39 Å². The van der Waals surface area contributed by atoms with Gasteiger partial charge in [-0.3, -0.25) is 0 Å². The Morgan fingerprint density at radius 1 is 1.17 bits per heavy atom. The van der Waals surface area contributed by atoms with Gasteiger partial charge in [-0.05, 0) is 30.7 Å². The number of hydrogen-bond acceptors (Lipinski definition) is 1. The second-order valence-corrected chi connectivity index (χ2v) is 4.51. The Kier molecular flexibility index (Phi) is 2.59. The molecule has 0 bridgehead atoms. The van der Waals surface area contributed by atoms with Gasteiger partial charge in [0.1, 0.15) is 11.6 Å². The fraction of sp³-hybridized carbons (Fsp3) is 0.133. The predicted octanol–water partition coefficient (Wildman–Crippen LogP) is 3.60. The van der Waals surface area contributed by atoms with Crippen LogP contribution < -0.4 is 0 Å². The topological polar surface area (TPSA) is 28.7 Å². The zero-order chi connectivity index (χ0) is 12.5. The van der Waals surface area contributed by atoms with Gasteiger partial charge in [0.2, 0.25) is 0 Å². The molecule has 0 radical (unpaired) electrons. The predicted molar refractivity (Wildman–Crippen MR) is 70.0 cm³/mol. The largest absolute Gasteiger partial charge is 0.342 e. The Bertz CT molecular complexity index is 701. The maximum atomic E-state index is 13.1. The summed E-state index contributed by atoms with van der Waals surface area (Å²) in [6.07, 6.45) is 0.734. The molecule has 90 valence electrons. The van der Waals surface area contributed by atoms with E-state index in [1.807, 2.05) is 6.07 Å². The minimum atomic E-state index is -0.242. The molecule has 1 aromatic heterocycles. The maximum Gasteiger partial charge on any atom is 0.125 e. The number of rotatable bonds is 2. The van der Waals surface area contributed by atoms with Crippen LogP contribution in [0.5, 0.6) is 0 Å². The van der Waals surface area contributed by atoms with Crippen molar-refractivity contribution in [3.63, 3.8) is 0 Å². The van der Waals surface area contributed by atoms with Crippen LogP contribution in [0.25, 0.3) is 11.0 Å². The third-order valence-electron chi connectivity index (χ3n) is 2.95. The lowest BCUT2D eigenvalue weighted by molar-refractivity contribution is 0.629. The molecular weight excluding hydrogens is 227 g/mol. The first-order valence-corrected chi connectivity index (χ1v) is 5.90. The summed E-state index contributed by atoms with van der Waals surface area (Å²) in [6.45, 7) is 2.07. The lowest BCUT2D eigenvalue weighted by Crippen LogP contribution is -1.90. The number of halogens is 1. The molecule has 18 heavy (non-hydrogen) atoms. The summed E-state index contributed by atoms with van der Waals surface area (Å²) in [7, 11) is 0. The molecule has 0 aliphatic carbocycles. The normalized spacial score (nSPS) is 11.0. The Hall–Kier alpha value is -2.16. The van der Waals surface area contributed by atoms with E-state index in [1.165, 1.54) is 23.3 Å². The van der Waals surface area contributed by atoms with Gasteiger partial charge in [0, 0.05) is 6.42 Å². The fourth-order valence-corrected chi connectivity index (χ4v) is 2.13. The number of aryl methyl sites for hydroxylation is 1. The molecule has 2 nitrogen and oxygen atoms in total. The van der Waals surface area contributed by atoms with Crippen LogP contribution in [-0.4, -0.2) is 9.97 Å². The Labute approximate surface area is 104 Å². The summed E-state index contributed by atoms with van der Waals surface area (Å²) in [5, 5.41) is 0. The lowest BCUT2D eigenvalue weighted by Gasteiger charge is -1.99. The molecule has 0 saturated carbocycles. The van der Waals surface area contributed by atoms with Crippen LogP contribution >= 0.6 is 0 Å². The van der Waals surface area contributed by atoms with E-state index in [1.54, 1.807) is 6.07 Å². The summed E-state index contributed by atoms with van der Waals surface area (Å²) < 4.78 is 13.1. The molecule has 0 unspecified atom stereocenters. The highest BCUT2D eigenvalue weighted by Crippen LogP contribution is 2.15. The fourth-order valence-electron chi connectivity index (χ4n) is 2.13. The first kappa shape index (κ1) is 11.0. The van der Waals surface area contributed by atoms with Gasteiger partial charge in [0.15, 0.2) is 0 Å². The molecule has 0 aliphatic heterocycles. The smallest absolute Gasteiger partial charge is 0.125 e. The number of benzene rings is 2. The highest BCUT2D eigenvalue weighted by atomic mass is 19.1. The Morgan fingerprint density at radius 2 is 2.06 bits per heavy atom. The molecule has 0 spiro atoms. The van der Waals surface area contributed by atoms with Gasteiger partial charge in [-0.1, -0.05) is 29.8 Å². The number of imidazole rings is 1. The molecule has 3 aromatic rings. The third kappa shape index (κ3) is 2.12. The molecule has 3 heteroatoms. The second kappa shape index (κ2) is 4.26. The van der Waals surface area contributed by atoms with E-state index in [4.69, 9.17) is 0 Å². The van der Waals surface area contributed by atoms with Gasteiger partial charge < -0.3 is 4.98 Å². The van der Waals surface area contributed by atoms with E-state index in [0.29, 0.717) is 0 Å². The van der Waals surface area contributed by atoms with Crippen LogP contribution in [0, 0.1) is 12.7 Å². The quantitative estimate of drug-likeness (QED) is 0.728. The minimum Gasteiger partial charge on any atom is -0.342 e. The number of nitrogens with one attached hydrogen (secondary N) is 1. The second-order valence-electron chi connectivity index (χ2n) is 4.51. The van der Waals surface area contributed by atoms with Crippen molar-refractivity contribution in [1.29, 1.82) is 0 Å². The van der Waals surface area contributed by atoms with Gasteiger partial charge in [-0.15, -0.1) is 0 Å². The molecule has 1 heterocycles. The molecule has 0 fully saturated rings. The standard InChI is InChI=1S/C15H13FN2/c1-10-3-2-4-11(7-10)8-15-17-13-6-5-12(16)9-14(13)18-15/h2-7,9H,8H2,1H3,(H,17,18). The number of hydrogen-bond donors (Lipinski definition) is 1. The summed E-state index contributed by atoms with van der Waals surface area (Å²) in [6, 6.07) is 12.9. The zero-order valence-corrected chi connectivity index (χ0v) is 10.1. The van der Waals surface area contributed by atoms with Crippen molar-refractivity contribution in [2.75, 3.05) is 0 Å². The SMILES string of the molecule is Cc1cccc(Cc2nc3ccc(F)cc3[nH]2)c1. The van der Waals surface area contributed by atoms with Gasteiger partial charge >= 0.3 is 0 Å². The molecule has 0 aliphatic rings. The monoisotopic (exact) mass is 240 g/mol. The number of aromatic amines is 1. The van der Waals surface area contributed by atoms with Crippen LogP contribution in [0.15, 0.2) is 42.5 Å². The molecule has 0 saturated heterocycles. The van der Waals surface area contributed by atoms with E-state index >= 15 is 0 Å². The van der Waals surface area contributed by atoms with E-state index in [2.05, 4.69) is 35.1 Å². The lowest BCUT2D eigenvalue weighted by atomic mass is 10.1. The summed E-state index contributed by atoms with van der Waals surface area (Å²) >= 11 is 0. The van der Waals surface area contributed by atoms with Gasteiger partial charge in [-0.25, -0.2) is 9.37 Å². The minimum absolute atomic E-state index is 0.242. The summed E-state index contributed by atoms with van der Waals surface area (Å²) in [5.74, 6) is 0.620. The number of H-pyrrole nitrogens is 1. The van der Waals surface area contributed by atoms with Crippen LogP contribution in [0.1, 0.15) is 17.0 Å². The number of fused-ring (bicyclic) bond motifs is 1. The zero-order valence-electron chi connectivity index (χ0n) is 10.1. The highest BCUT2D eigenvalue weighted by molar-refractivity contribution is 5.75.